The number of H-pyrrole nitrogens is 1. The number of aromatic amines is 1. The fraction of sp³-hybridized carbons (Fsp3) is 0.348. The number of benzene rings is 1. The molecule has 0 radical (unpaired) electrons. The van der Waals surface area contributed by atoms with E-state index in [1.165, 1.54) is 12.1 Å². The average molecular weight is 434 g/mol. The van der Waals surface area contributed by atoms with Gasteiger partial charge in [0.15, 0.2) is 0 Å². The van der Waals surface area contributed by atoms with Gasteiger partial charge in [0.25, 0.3) is 5.91 Å². The quantitative estimate of drug-likeness (QED) is 0.681. The van der Waals surface area contributed by atoms with Crippen molar-refractivity contribution in [2.75, 3.05) is 18.0 Å². The van der Waals surface area contributed by atoms with Crippen LogP contribution < -0.4 is 4.90 Å². The molecule has 2 amide bonds. The summed E-state index contributed by atoms with van der Waals surface area (Å²) < 4.78 is 13.7. The fourth-order valence-corrected chi connectivity index (χ4v) is 4.47. The highest BCUT2D eigenvalue weighted by Gasteiger charge is 2.33. The maximum absolute atomic E-state index is 13.7. The number of aryl methyl sites for hydroxylation is 1. The second-order valence-corrected chi connectivity index (χ2v) is 8.29. The highest BCUT2D eigenvalue weighted by atomic mass is 19.1. The second-order valence-electron chi connectivity index (χ2n) is 8.29. The first-order chi connectivity index (χ1) is 15.5. The summed E-state index contributed by atoms with van der Waals surface area (Å²) >= 11 is 0. The number of hydrogen-bond acceptors (Lipinski definition) is 5. The molecule has 1 saturated heterocycles. The second kappa shape index (κ2) is 8.14. The molecule has 4 heterocycles. The standard InChI is InChI=1S/C23H23FN6O2/c1-14-18-5-6-20(31)30(12-15-3-2-4-17(24)11-15)22(18)27-21(26-14)16-8-10-29(13-16)23(32)19-7-9-25-28-19/h2-4,7,9,11,16H,5-6,8,10,12-13H2,1H3,(H,25,28)/t16-/m1/s1. The van der Waals surface area contributed by atoms with Crippen molar-refractivity contribution in [2.45, 2.75) is 38.6 Å². The lowest BCUT2D eigenvalue weighted by molar-refractivity contribution is -0.119. The Morgan fingerprint density at radius 3 is 2.91 bits per heavy atom. The lowest BCUT2D eigenvalue weighted by atomic mass is 10.0. The van der Waals surface area contributed by atoms with Crippen LogP contribution in [0.25, 0.3) is 0 Å². The van der Waals surface area contributed by atoms with Gasteiger partial charge in [-0.2, -0.15) is 5.10 Å². The molecule has 8 nitrogen and oxygen atoms in total. The lowest BCUT2D eigenvalue weighted by Gasteiger charge is -2.30. The van der Waals surface area contributed by atoms with Crippen molar-refractivity contribution in [1.29, 1.82) is 0 Å². The van der Waals surface area contributed by atoms with Crippen LogP contribution in [0.5, 0.6) is 0 Å². The molecule has 32 heavy (non-hydrogen) atoms. The molecule has 164 valence electrons. The molecule has 2 aliphatic rings. The zero-order chi connectivity index (χ0) is 22.2. The molecule has 0 spiro atoms. The number of halogens is 1. The molecule has 1 N–H and O–H groups in total. The van der Waals surface area contributed by atoms with Gasteiger partial charge in [-0.05, 0) is 43.5 Å². The SMILES string of the molecule is Cc1nc([C@@H]2CCN(C(=O)c3ccn[nH]3)C2)nc2c1CCC(=O)N2Cc1cccc(F)c1. The fourth-order valence-electron chi connectivity index (χ4n) is 4.47. The Morgan fingerprint density at radius 2 is 2.12 bits per heavy atom. The third kappa shape index (κ3) is 3.74. The number of nitrogens with zero attached hydrogens (tertiary/aromatic N) is 5. The van der Waals surface area contributed by atoms with Crippen LogP contribution in [0.3, 0.4) is 0 Å². The summed E-state index contributed by atoms with van der Waals surface area (Å²) in [7, 11) is 0. The molecule has 2 aromatic heterocycles. The lowest BCUT2D eigenvalue weighted by Crippen LogP contribution is -2.36. The highest BCUT2D eigenvalue weighted by Crippen LogP contribution is 2.33. The van der Waals surface area contributed by atoms with E-state index < -0.39 is 0 Å². The van der Waals surface area contributed by atoms with E-state index in [0.717, 1.165) is 17.7 Å². The molecule has 0 aliphatic carbocycles. The van der Waals surface area contributed by atoms with Crippen LogP contribution in [0, 0.1) is 12.7 Å². The monoisotopic (exact) mass is 434 g/mol. The van der Waals surface area contributed by atoms with Gasteiger partial charge in [0.1, 0.15) is 23.2 Å². The van der Waals surface area contributed by atoms with Gasteiger partial charge in [0.2, 0.25) is 5.91 Å². The molecule has 0 unspecified atom stereocenters. The zero-order valence-electron chi connectivity index (χ0n) is 17.7. The summed E-state index contributed by atoms with van der Waals surface area (Å²) in [6.07, 6.45) is 3.27. The molecule has 1 fully saturated rings. The van der Waals surface area contributed by atoms with Crippen molar-refractivity contribution in [3.8, 4) is 0 Å². The van der Waals surface area contributed by atoms with Gasteiger partial charge in [-0.1, -0.05) is 12.1 Å². The number of rotatable bonds is 4. The largest absolute Gasteiger partial charge is 0.337 e. The van der Waals surface area contributed by atoms with E-state index in [0.29, 0.717) is 48.8 Å². The summed E-state index contributed by atoms with van der Waals surface area (Å²) in [5, 5.41) is 6.56. The molecular weight excluding hydrogens is 411 g/mol. The van der Waals surface area contributed by atoms with Crippen molar-refractivity contribution in [1.82, 2.24) is 25.1 Å². The van der Waals surface area contributed by atoms with Gasteiger partial charge >= 0.3 is 0 Å². The number of likely N-dealkylation sites (tertiary alicyclic amines) is 1. The maximum atomic E-state index is 13.7. The number of carbonyl (C=O) groups excluding carboxylic acids is 2. The number of hydrogen-bond donors (Lipinski definition) is 1. The number of anilines is 1. The normalized spacial score (nSPS) is 18.2. The first-order valence-electron chi connectivity index (χ1n) is 10.7. The minimum atomic E-state index is -0.334. The van der Waals surface area contributed by atoms with Crippen LogP contribution in [-0.4, -0.2) is 50.0 Å². The molecule has 0 saturated carbocycles. The maximum Gasteiger partial charge on any atom is 0.271 e. The van der Waals surface area contributed by atoms with Crippen LogP contribution >= 0.6 is 0 Å². The number of aromatic nitrogens is 4. The van der Waals surface area contributed by atoms with Crippen molar-refractivity contribution in [2.24, 2.45) is 0 Å². The minimum Gasteiger partial charge on any atom is -0.337 e. The van der Waals surface area contributed by atoms with Crippen LogP contribution in [0.15, 0.2) is 36.5 Å². The first kappa shape index (κ1) is 20.3. The van der Waals surface area contributed by atoms with E-state index in [-0.39, 0.29) is 30.1 Å². The molecule has 2 aliphatic heterocycles. The van der Waals surface area contributed by atoms with Crippen molar-refractivity contribution >= 4 is 17.6 Å². The van der Waals surface area contributed by atoms with Gasteiger partial charge in [0.05, 0.1) is 6.54 Å². The zero-order valence-corrected chi connectivity index (χ0v) is 17.7. The molecule has 0 bridgehead atoms. The highest BCUT2D eigenvalue weighted by molar-refractivity contribution is 5.95. The minimum absolute atomic E-state index is 0.0149. The molecular formula is C23H23FN6O2. The topological polar surface area (TPSA) is 95.1 Å². The van der Waals surface area contributed by atoms with Gasteiger partial charge in [-0.25, -0.2) is 14.4 Å². The molecule has 5 rings (SSSR count). The van der Waals surface area contributed by atoms with E-state index in [1.54, 1.807) is 34.2 Å². The number of carbonyl (C=O) groups is 2. The summed E-state index contributed by atoms with van der Waals surface area (Å²) in [5.74, 6) is 0.765. The van der Waals surface area contributed by atoms with Gasteiger partial charge in [-0.3, -0.25) is 19.6 Å². The average Bonchev–Trinajstić information content (AvgIpc) is 3.48. The third-order valence-electron chi connectivity index (χ3n) is 6.16. The Balaban J connectivity index is 1.42. The number of amides is 2. The Labute approximate surface area is 184 Å². The number of nitrogens with one attached hydrogen (secondary N) is 1. The Kier molecular flexibility index (Phi) is 5.16. The van der Waals surface area contributed by atoms with E-state index in [9.17, 15) is 14.0 Å². The van der Waals surface area contributed by atoms with Crippen LogP contribution in [0.1, 0.15) is 51.9 Å². The van der Waals surface area contributed by atoms with Crippen molar-refractivity contribution in [3.05, 3.63) is 70.7 Å². The van der Waals surface area contributed by atoms with Crippen molar-refractivity contribution < 1.29 is 14.0 Å². The smallest absolute Gasteiger partial charge is 0.271 e. The summed E-state index contributed by atoms with van der Waals surface area (Å²) in [5.41, 5.74) is 2.97. The van der Waals surface area contributed by atoms with E-state index in [4.69, 9.17) is 9.97 Å². The van der Waals surface area contributed by atoms with Gasteiger partial charge in [-0.15, -0.1) is 0 Å². The van der Waals surface area contributed by atoms with E-state index in [2.05, 4.69) is 10.2 Å². The molecule has 9 heteroatoms. The van der Waals surface area contributed by atoms with E-state index in [1.807, 2.05) is 6.92 Å². The molecule has 3 aromatic rings. The van der Waals surface area contributed by atoms with Crippen molar-refractivity contribution in [3.63, 3.8) is 0 Å². The number of fused-ring (bicyclic) bond motifs is 1. The summed E-state index contributed by atoms with van der Waals surface area (Å²) in [6.45, 7) is 3.30. The Morgan fingerprint density at radius 1 is 1.25 bits per heavy atom. The first-order valence-corrected chi connectivity index (χ1v) is 10.7. The van der Waals surface area contributed by atoms with Gasteiger partial charge in [0, 0.05) is 42.9 Å². The van der Waals surface area contributed by atoms with Crippen LogP contribution in [-0.2, 0) is 17.8 Å². The predicted octanol–water partition coefficient (Wildman–Crippen LogP) is 2.76. The van der Waals surface area contributed by atoms with Gasteiger partial charge < -0.3 is 4.90 Å². The summed E-state index contributed by atoms with van der Waals surface area (Å²) in [4.78, 5) is 38.4. The predicted molar refractivity (Wildman–Crippen MR) is 115 cm³/mol. The van der Waals surface area contributed by atoms with Crippen LogP contribution in [0.4, 0.5) is 10.2 Å². The Hall–Kier alpha value is -3.62. The summed E-state index contributed by atoms with van der Waals surface area (Å²) in [6, 6.07) is 7.92. The molecule has 1 aromatic carbocycles. The van der Waals surface area contributed by atoms with Crippen LogP contribution in [0.2, 0.25) is 0 Å². The third-order valence-corrected chi connectivity index (χ3v) is 6.16. The molecule has 1 atom stereocenters. The van der Waals surface area contributed by atoms with E-state index >= 15 is 0 Å². The Bertz CT molecular complexity index is 1180.